The molecule has 0 spiro atoms. The molecule has 1 aliphatic heterocycles. The van der Waals surface area contributed by atoms with E-state index in [0.717, 1.165) is 45.3 Å². The van der Waals surface area contributed by atoms with Gasteiger partial charge in [-0.25, -0.2) is 4.98 Å². The van der Waals surface area contributed by atoms with E-state index in [0.29, 0.717) is 5.92 Å². The van der Waals surface area contributed by atoms with Gasteiger partial charge in [-0.3, -0.25) is 4.90 Å². The summed E-state index contributed by atoms with van der Waals surface area (Å²) in [4.78, 5) is 6.78. The zero-order chi connectivity index (χ0) is 14.8. The predicted molar refractivity (Wildman–Crippen MR) is 82.1 cm³/mol. The smallest absolute Gasteiger partial charge is 0.0948 e. The minimum absolute atomic E-state index is 0.515. The molecule has 1 aliphatic carbocycles. The van der Waals surface area contributed by atoms with Crippen molar-refractivity contribution in [2.24, 2.45) is 11.8 Å². The zero-order valence-electron chi connectivity index (χ0n) is 12.9. The highest BCUT2D eigenvalue weighted by Crippen LogP contribution is 2.29. The van der Waals surface area contributed by atoms with Gasteiger partial charge in [0.05, 0.1) is 31.2 Å². The standard InChI is InChI=1S/C17H23N3O2/c1-2-14(1)10-22-12-16-7-19(6-15-3-4-21-11-15)9-17-5-18-13-20(17)8-16/h3-5,11,13-14,16H,1-2,6-10,12H2/t16-/m0/s1. The molecular weight excluding hydrogens is 278 g/mol. The lowest BCUT2D eigenvalue weighted by Crippen LogP contribution is -2.30. The van der Waals surface area contributed by atoms with Crippen LogP contribution in [-0.2, 0) is 24.4 Å². The van der Waals surface area contributed by atoms with Crippen LogP contribution in [0.4, 0.5) is 0 Å². The molecule has 0 unspecified atom stereocenters. The summed E-state index contributed by atoms with van der Waals surface area (Å²) >= 11 is 0. The van der Waals surface area contributed by atoms with E-state index in [-0.39, 0.29) is 0 Å². The van der Waals surface area contributed by atoms with E-state index in [1.165, 1.54) is 24.1 Å². The molecule has 3 heterocycles. The quantitative estimate of drug-likeness (QED) is 0.822. The van der Waals surface area contributed by atoms with Crippen molar-refractivity contribution in [2.75, 3.05) is 19.8 Å². The van der Waals surface area contributed by atoms with Crippen LogP contribution in [0, 0.1) is 11.8 Å². The van der Waals surface area contributed by atoms with Crippen LogP contribution in [0.1, 0.15) is 24.1 Å². The van der Waals surface area contributed by atoms with E-state index >= 15 is 0 Å². The van der Waals surface area contributed by atoms with E-state index in [1.807, 2.05) is 24.9 Å². The molecule has 5 heteroatoms. The number of aromatic nitrogens is 2. The van der Waals surface area contributed by atoms with Gasteiger partial charge < -0.3 is 13.7 Å². The first kappa shape index (κ1) is 14.0. The number of fused-ring (bicyclic) bond motifs is 1. The first-order valence-electron chi connectivity index (χ1n) is 8.17. The number of ether oxygens (including phenoxy) is 1. The minimum atomic E-state index is 0.515. The summed E-state index contributed by atoms with van der Waals surface area (Å²) in [6.45, 7) is 5.69. The van der Waals surface area contributed by atoms with Crippen molar-refractivity contribution in [1.29, 1.82) is 0 Å². The Balaban J connectivity index is 1.42. The SMILES string of the molecule is c1cc(CN2Cc3cncn3C[C@@H](COCC3CC3)C2)co1. The minimum Gasteiger partial charge on any atom is -0.472 e. The molecule has 0 N–H and O–H groups in total. The van der Waals surface area contributed by atoms with Crippen LogP contribution >= 0.6 is 0 Å². The Morgan fingerprint density at radius 2 is 2.14 bits per heavy atom. The average Bonchev–Trinajstić information content (AvgIpc) is 3.06. The lowest BCUT2D eigenvalue weighted by atomic mass is 10.1. The van der Waals surface area contributed by atoms with Crippen LogP contribution in [0.25, 0.3) is 0 Å². The third kappa shape index (κ3) is 3.42. The number of hydrogen-bond acceptors (Lipinski definition) is 4. The summed E-state index contributed by atoms with van der Waals surface area (Å²) in [6, 6.07) is 2.04. The van der Waals surface area contributed by atoms with Gasteiger partial charge in [0.2, 0.25) is 0 Å². The van der Waals surface area contributed by atoms with Crippen LogP contribution < -0.4 is 0 Å². The maximum atomic E-state index is 5.95. The van der Waals surface area contributed by atoms with Crippen LogP contribution in [0.2, 0.25) is 0 Å². The molecule has 1 saturated carbocycles. The predicted octanol–water partition coefficient (Wildman–Crippen LogP) is 2.53. The molecular formula is C17H23N3O2. The molecule has 22 heavy (non-hydrogen) atoms. The highest BCUT2D eigenvalue weighted by Gasteiger charge is 2.25. The van der Waals surface area contributed by atoms with Crippen molar-refractivity contribution in [3.8, 4) is 0 Å². The van der Waals surface area contributed by atoms with Crippen molar-refractivity contribution in [2.45, 2.75) is 32.5 Å². The molecule has 0 radical (unpaired) electrons. The molecule has 2 aromatic rings. The molecule has 0 bridgehead atoms. The lowest BCUT2D eigenvalue weighted by molar-refractivity contribution is 0.0704. The number of hydrogen-bond donors (Lipinski definition) is 0. The second-order valence-corrected chi connectivity index (χ2v) is 6.69. The van der Waals surface area contributed by atoms with Gasteiger partial charge in [0, 0.05) is 50.5 Å². The Labute approximate surface area is 130 Å². The summed E-state index contributed by atoms with van der Waals surface area (Å²) in [5, 5.41) is 0. The molecule has 1 fully saturated rings. The number of imidazole rings is 1. The Morgan fingerprint density at radius 1 is 1.23 bits per heavy atom. The molecule has 118 valence electrons. The molecule has 0 amide bonds. The number of rotatable bonds is 6. The maximum Gasteiger partial charge on any atom is 0.0948 e. The molecule has 4 rings (SSSR count). The van der Waals surface area contributed by atoms with Crippen LogP contribution in [0.15, 0.2) is 35.5 Å². The lowest BCUT2D eigenvalue weighted by Gasteiger charge is -2.23. The fraction of sp³-hybridized carbons (Fsp3) is 0.588. The summed E-state index contributed by atoms with van der Waals surface area (Å²) in [5.74, 6) is 1.35. The molecule has 5 nitrogen and oxygen atoms in total. The van der Waals surface area contributed by atoms with Gasteiger partial charge in [-0.05, 0) is 24.8 Å². The number of nitrogens with zero attached hydrogens (tertiary/aromatic N) is 3. The highest BCUT2D eigenvalue weighted by atomic mass is 16.5. The van der Waals surface area contributed by atoms with Crippen molar-refractivity contribution >= 4 is 0 Å². The topological polar surface area (TPSA) is 43.4 Å². The molecule has 0 aromatic carbocycles. The van der Waals surface area contributed by atoms with E-state index < -0.39 is 0 Å². The van der Waals surface area contributed by atoms with E-state index in [4.69, 9.17) is 9.15 Å². The molecule has 1 atom stereocenters. The Morgan fingerprint density at radius 3 is 2.95 bits per heavy atom. The van der Waals surface area contributed by atoms with E-state index in [2.05, 4.69) is 14.5 Å². The van der Waals surface area contributed by atoms with Crippen molar-refractivity contribution in [3.05, 3.63) is 42.4 Å². The van der Waals surface area contributed by atoms with Gasteiger partial charge in [0.1, 0.15) is 0 Å². The van der Waals surface area contributed by atoms with Crippen molar-refractivity contribution in [1.82, 2.24) is 14.5 Å². The summed E-state index contributed by atoms with van der Waals surface area (Å²) < 4.78 is 13.4. The monoisotopic (exact) mass is 301 g/mol. The van der Waals surface area contributed by atoms with E-state index in [1.54, 1.807) is 6.26 Å². The van der Waals surface area contributed by atoms with Gasteiger partial charge in [-0.1, -0.05) is 0 Å². The fourth-order valence-corrected chi connectivity index (χ4v) is 3.19. The Hall–Kier alpha value is -1.59. The van der Waals surface area contributed by atoms with Crippen molar-refractivity contribution < 1.29 is 9.15 Å². The van der Waals surface area contributed by atoms with Gasteiger partial charge in [-0.2, -0.15) is 0 Å². The Bertz CT molecular complexity index is 589. The largest absolute Gasteiger partial charge is 0.472 e. The van der Waals surface area contributed by atoms with Crippen LogP contribution in [0.3, 0.4) is 0 Å². The van der Waals surface area contributed by atoms with Gasteiger partial charge >= 0.3 is 0 Å². The van der Waals surface area contributed by atoms with Crippen LogP contribution in [0.5, 0.6) is 0 Å². The summed E-state index contributed by atoms with van der Waals surface area (Å²) in [6.07, 6.45) is 10.2. The summed E-state index contributed by atoms with van der Waals surface area (Å²) in [7, 11) is 0. The van der Waals surface area contributed by atoms with Gasteiger partial charge in [0.25, 0.3) is 0 Å². The second-order valence-electron chi connectivity index (χ2n) is 6.69. The number of furan rings is 1. The molecule has 2 aliphatic rings. The van der Waals surface area contributed by atoms with Crippen molar-refractivity contribution in [3.63, 3.8) is 0 Å². The fourth-order valence-electron chi connectivity index (χ4n) is 3.19. The Kier molecular flexibility index (Phi) is 3.99. The zero-order valence-corrected chi connectivity index (χ0v) is 12.9. The average molecular weight is 301 g/mol. The third-order valence-electron chi connectivity index (χ3n) is 4.55. The first-order chi connectivity index (χ1) is 10.9. The van der Waals surface area contributed by atoms with Gasteiger partial charge in [0.15, 0.2) is 0 Å². The maximum absolute atomic E-state index is 5.95. The normalized spacial score (nSPS) is 22.5. The third-order valence-corrected chi connectivity index (χ3v) is 4.55. The van der Waals surface area contributed by atoms with E-state index in [9.17, 15) is 0 Å². The summed E-state index contributed by atoms with van der Waals surface area (Å²) in [5.41, 5.74) is 2.51. The van der Waals surface area contributed by atoms with Gasteiger partial charge in [-0.15, -0.1) is 0 Å². The molecule has 0 saturated heterocycles. The first-order valence-corrected chi connectivity index (χ1v) is 8.17. The molecule has 2 aromatic heterocycles. The second kappa shape index (κ2) is 6.26. The van der Waals surface area contributed by atoms with Crippen LogP contribution in [-0.4, -0.2) is 34.2 Å². The highest BCUT2D eigenvalue weighted by molar-refractivity contribution is 5.07.